The number of hydrogen-bond donors (Lipinski definition) is 1. The number of piperidine rings is 1. The predicted octanol–water partition coefficient (Wildman–Crippen LogP) is 2.04. The molecule has 22 heavy (non-hydrogen) atoms. The maximum absolute atomic E-state index is 14.2. The molecule has 0 aromatic heterocycles. The first-order valence-corrected chi connectivity index (χ1v) is 7.44. The smallest absolute Gasteiger partial charge is 0.256 e. The number of likely N-dealkylation sites (tertiary alicyclic amines) is 1. The zero-order valence-corrected chi connectivity index (χ0v) is 13.3. The van der Waals surface area contributed by atoms with Gasteiger partial charge in [0.05, 0.1) is 19.8 Å². The number of benzene rings is 1. The van der Waals surface area contributed by atoms with Crippen molar-refractivity contribution in [2.45, 2.75) is 25.8 Å². The molecule has 0 bridgehead atoms. The summed E-state index contributed by atoms with van der Waals surface area (Å²) in [4.78, 5) is 14.3. The van der Waals surface area contributed by atoms with Gasteiger partial charge >= 0.3 is 0 Å². The van der Waals surface area contributed by atoms with Gasteiger partial charge in [0.2, 0.25) is 0 Å². The van der Waals surface area contributed by atoms with Crippen LogP contribution < -0.4 is 15.2 Å². The van der Waals surface area contributed by atoms with Crippen LogP contribution in [0.3, 0.4) is 0 Å². The maximum Gasteiger partial charge on any atom is 0.256 e. The predicted molar refractivity (Wildman–Crippen MR) is 81.8 cm³/mol. The molecular formula is C16H23FN2O3. The summed E-state index contributed by atoms with van der Waals surface area (Å²) in [5, 5.41) is 0. The average Bonchev–Trinajstić information content (AvgIpc) is 2.53. The van der Waals surface area contributed by atoms with E-state index in [-0.39, 0.29) is 29.2 Å². The molecule has 1 amide bonds. The molecule has 2 N–H and O–H groups in total. The molecule has 0 aliphatic carbocycles. The number of halogens is 1. The first-order chi connectivity index (χ1) is 10.5. The van der Waals surface area contributed by atoms with Crippen molar-refractivity contribution in [3.8, 4) is 11.5 Å². The molecule has 2 atom stereocenters. The highest BCUT2D eigenvalue weighted by Crippen LogP contribution is 2.31. The van der Waals surface area contributed by atoms with Crippen LogP contribution in [0.5, 0.6) is 11.5 Å². The van der Waals surface area contributed by atoms with E-state index in [4.69, 9.17) is 15.2 Å². The van der Waals surface area contributed by atoms with Crippen molar-refractivity contribution in [2.75, 3.05) is 27.3 Å². The second kappa shape index (κ2) is 6.96. The van der Waals surface area contributed by atoms with E-state index in [1.54, 1.807) is 4.90 Å². The van der Waals surface area contributed by atoms with Crippen molar-refractivity contribution in [1.29, 1.82) is 0 Å². The Labute approximate surface area is 130 Å². The van der Waals surface area contributed by atoms with E-state index in [9.17, 15) is 9.18 Å². The van der Waals surface area contributed by atoms with E-state index in [0.29, 0.717) is 18.8 Å². The van der Waals surface area contributed by atoms with Gasteiger partial charge in [0, 0.05) is 25.2 Å². The Morgan fingerprint density at radius 2 is 2.00 bits per heavy atom. The van der Waals surface area contributed by atoms with Crippen LogP contribution in [0.1, 0.15) is 30.1 Å². The minimum absolute atomic E-state index is 0.00275. The van der Waals surface area contributed by atoms with Crippen LogP contribution in [0.15, 0.2) is 12.1 Å². The third-order valence-electron chi connectivity index (χ3n) is 4.19. The summed E-state index contributed by atoms with van der Waals surface area (Å²) < 4.78 is 24.4. The first kappa shape index (κ1) is 16.5. The highest BCUT2D eigenvalue weighted by atomic mass is 19.1. The number of carbonyl (C=O) groups is 1. The maximum atomic E-state index is 14.2. The van der Waals surface area contributed by atoms with Crippen LogP contribution in [-0.4, -0.2) is 44.2 Å². The third kappa shape index (κ3) is 3.32. The highest BCUT2D eigenvalue weighted by Gasteiger charge is 2.28. The van der Waals surface area contributed by atoms with Gasteiger partial charge in [-0.1, -0.05) is 0 Å². The zero-order chi connectivity index (χ0) is 16.3. The molecule has 2 rings (SSSR count). The van der Waals surface area contributed by atoms with Gasteiger partial charge in [-0.3, -0.25) is 4.79 Å². The Morgan fingerprint density at radius 3 is 2.59 bits per heavy atom. The van der Waals surface area contributed by atoms with Crippen LogP contribution in [-0.2, 0) is 0 Å². The number of hydrogen-bond acceptors (Lipinski definition) is 4. The molecule has 0 saturated carbocycles. The molecule has 1 heterocycles. The van der Waals surface area contributed by atoms with Gasteiger partial charge in [-0.2, -0.15) is 0 Å². The fourth-order valence-electron chi connectivity index (χ4n) is 2.81. The minimum atomic E-state index is -0.606. The van der Waals surface area contributed by atoms with E-state index in [1.165, 1.54) is 26.4 Å². The topological polar surface area (TPSA) is 64.8 Å². The van der Waals surface area contributed by atoms with Gasteiger partial charge in [0.15, 0.2) is 11.5 Å². The molecule has 6 heteroatoms. The van der Waals surface area contributed by atoms with Gasteiger partial charge in [0.25, 0.3) is 5.91 Å². The molecule has 2 unspecified atom stereocenters. The van der Waals surface area contributed by atoms with Crippen molar-refractivity contribution in [3.63, 3.8) is 0 Å². The summed E-state index contributed by atoms with van der Waals surface area (Å²) in [5.41, 5.74) is 5.94. The number of amides is 1. The third-order valence-corrected chi connectivity index (χ3v) is 4.19. The van der Waals surface area contributed by atoms with Crippen LogP contribution >= 0.6 is 0 Å². The summed E-state index contributed by atoms with van der Waals surface area (Å²) in [5.74, 6) is -0.0769. The van der Waals surface area contributed by atoms with E-state index < -0.39 is 5.82 Å². The molecule has 1 saturated heterocycles. The normalized spacial score (nSPS) is 19.7. The Kier molecular flexibility index (Phi) is 5.24. The van der Waals surface area contributed by atoms with Gasteiger partial charge < -0.3 is 20.1 Å². The lowest BCUT2D eigenvalue weighted by Gasteiger charge is -2.34. The molecular weight excluding hydrogens is 287 g/mol. The largest absolute Gasteiger partial charge is 0.493 e. The SMILES string of the molecule is COc1cc(F)c(C(=O)N2CCCC(C(C)N)C2)cc1OC. The zero-order valence-electron chi connectivity index (χ0n) is 13.3. The molecule has 122 valence electrons. The average molecular weight is 310 g/mol. The molecule has 5 nitrogen and oxygen atoms in total. The van der Waals surface area contributed by atoms with Crippen LogP contribution in [0.25, 0.3) is 0 Å². The van der Waals surface area contributed by atoms with E-state index in [1.807, 2.05) is 6.92 Å². The number of methoxy groups -OCH3 is 2. The van der Waals surface area contributed by atoms with Crippen molar-refractivity contribution in [3.05, 3.63) is 23.5 Å². The van der Waals surface area contributed by atoms with Crippen LogP contribution in [0.2, 0.25) is 0 Å². The van der Waals surface area contributed by atoms with Crippen molar-refractivity contribution >= 4 is 5.91 Å². The first-order valence-electron chi connectivity index (χ1n) is 7.44. The monoisotopic (exact) mass is 310 g/mol. The lowest BCUT2D eigenvalue weighted by Crippen LogP contribution is -2.45. The molecule has 1 fully saturated rings. The second-order valence-electron chi connectivity index (χ2n) is 5.70. The molecule has 1 aliphatic rings. The van der Waals surface area contributed by atoms with Gasteiger partial charge in [-0.15, -0.1) is 0 Å². The van der Waals surface area contributed by atoms with Gasteiger partial charge in [0.1, 0.15) is 5.82 Å². The lowest BCUT2D eigenvalue weighted by molar-refractivity contribution is 0.0655. The number of nitrogens with zero attached hydrogens (tertiary/aromatic N) is 1. The van der Waals surface area contributed by atoms with Crippen molar-refractivity contribution in [2.24, 2.45) is 11.7 Å². The molecule has 0 radical (unpaired) electrons. The Bertz CT molecular complexity index is 548. The van der Waals surface area contributed by atoms with Gasteiger partial charge in [-0.05, 0) is 31.7 Å². The number of nitrogens with two attached hydrogens (primary N) is 1. The summed E-state index contributed by atoms with van der Waals surface area (Å²) in [6.45, 7) is 3.12. The summed E-state index contributed by atoms with van der Waals surface area (Å²) in [6, 6.07) is 2.59. The van der Waals surface area contributed by atoms with Gasteiger partial charge in [-0.25, -0.2) is 4.39 Å². The molecule has 0 spiro atoms. The Hall–Kier alpha value is -1.82. The van der Waals surface area contributed by atoms with Crippen molar-refractivity contribution < 1.29 is 18.7 Å². The van der Waals surface area contributed by atoms with E-state index >= 15 is 0 Å². The fourth-order valence-corrected chi connectivity index (χ4v) is 2.81. The number of ether oxygens (including phenoxy) is 2. The van der Waals surface area contributed by atoms with Crippen LogP contribution in [0, 0.1) is 11.7 Å². The second-order valence-corrected chi connectivity index (χ2v) is 5.70. The van der Waals surface area contributed by atoms with E-state index in [2.05, 4.69) is 0 Å². The highest BCUT2D eigenvalue weighted by molar-refractivity contribution is 5.95. The summed E-state index contributed by atoms with van der Waals surface area (Å²) in [7, 11) is 2.88. The lowest BCUT2D eigenvalue weighted by atomic mass is 9.92. The summed E-state index contributed by atoms with van der Waals surface area (Å²) in [6.07, 6.45) is 1.88. The van der Waals surface area contributed by atoms with Crippen LogP contribution in [0.4, 0.5) is 4.39 Å². The molecule has 1 aromatic rings. The number of carbonyl (C=O) groups excluding carboxylic acids is 1. The Morgan fingerprint density at radius 1 is 1.36 bits per heavy atom. The standard InChI is InChI=1S/C16H23FN2O3/c1-10(18)11-5-4-6-19(9-11)16(20)12-7-14(21-2)15(22-3)8-13(12)17/h7-8,10-11H,4-6,9,18H2,1-3H3. The van der Waals surface area contributed by atoms with E-state index in [0.717, 1.165) is 12.8 Å². The number of rotatable bonds is 4. The quantitative estimate of drug-likeness (QED) is 0.924. The molecule has 1 aliphatic heterocycles. The Balaban J connectivity index is 2.25. The fraction of sp³-hybridized carbons (Fsp3) is 0.562. The van der Waals surface area contributed by atoms with Crippen molar-refractivity contribution in [1.82, 2.24) is 4.90 Å². The minimum Gasteiger partial charge on any atom is -0.493 e. The molecule has 1 aromatic carbocycles. The summed E-state index contributed by atoms with van der Waals surface area (Å²) >= 11 is 0.